The average molecular weight is 326 g/mol. The molecule has 0 aromatic heterocycles. The molecule has 1 aliphatic rings. The summed E-state index contributed by atoms with van der Waals surface area (Å²) in [4.78, 5) is 24.1. The third kappa shape index (κ3) is 2.97. The third-order valence-corrected chi connectivity index (χ3v) is 5.16. The van der Waals surface area contributed by atoms with Gasteiger partial charge >= 0.3 is 5.97 Å². The predicted molar refractivity (Wildman–Crippen MR) is 80.2 cm³/mol. The number of fused-ring (bicyclic) bond motifs is 1. The summed E-state index contributed by atoms with van der Waals surface area (Å²) in [5.74, 6) is -1.35. The molecule has 0 spiro atoms. The lowest BCUT2D eigenvalue weighted by molar-refractivity contribution is -0.138. The Morgan fingerprint density at radius 2 is 2.05 bits per heavy atom. The zero-order chi connectivity index (χ0) is 16.7. The zero-order valence-corrected chi connectivity index (χ0v) is 13.3. The van der Waals surface area contributed by atoms with Gasteiger partial charge in [0.15, 0.2) is 0 Å². The van der Waals surface area contributed by atoms with Crippen LogP contribution in [0.5, 0.6) is 0 Å². The number of carbonyl (C=O) groups is 2. The summed E-state index contributed by atoms with van der Waals surface area (Å²) in [6.07, 6.45) is 0.562. The van der Waals surface area contributed by atoms with Gasteiger partial charge < -0.3 is 10.0 Å². The highest BCUT2D eigenvalue weighted by molar-refractivity contribution is 7.89. The number of nitrogens with one attached hydrogen (secondary N) is 1. The monoisotopic (exact) mass is 326 g/mol. The van der Waals surface area contributed by atoms with Crippen LogP contribution >= 0.6 is 0 Å². The number of benzene rings is 1. The van der Waals surface area contributed by atoms with Gasteiger partial charge in [0.2, 0.25) is 15.9 Å². The lowest BCUT2D eigenvalue weighted by Crippen LogP contribution is -2.38. The number of sulfonamides is 1. The first kappa shape index (κ1) is 16.4. The molecular weight excluding hydrogens is 308 g/mol. The lowest BCUT2D eigenvalue weighted by atomic mass is 10.1. The first-order valence-electron chi connectivity index (χ1n) is 6.81. The van der Waals surface area contributed by atoms with E-state index in [0.29, 0.717) is 12.1 Å². The van der Waals surface area contributed by atoms with E-state index in [1.54, 1.807) is 11.0 Å². The second kappa shape index (κ2) is 5.69. The van der Waals surface area contributed by atoms with E-state index >= 15 is 0 Å². The van der Waals surface area contributed by atoms with Crippen LogP contribution in [0.15, 0.2) is 23.1 Å². The summed E-state index contributed by atoms with van der Waals surface area (Å²) >= 11 is 0. The number of anilines is 1. The van der Waals surface area contributed by atoms with Crippen LogP contribution in [0, 0.1) is 0 Å². The van der Waals surface area contributed by atoms with Crippen molar-refractivity contribution in [3.05, 3.63) is 23.8 Å². The largest absolute Gasteiger partial charge is 0.480 e. The molecule has 0 saturated carbocycles. The second-order valence-electron chi connectivity index (χ2n) is 5.41. The molecule has 2 rings (SSSR count). The summed E-state index contributed by atoms with van der Waals surface area (Å²) in [7, 11) is -3.92. The van der Waals surface area contributed by atoms with Crippen LogP contribution in [0.2, 0.25) is 0 Å². The van der Waals surface area contributed by atoms with Gasteiger partial charge in [0, 0.05) is 18.7 Å². The van der Waals surface area contributed by atoms with Gasteiger partial charge in [-0.2, -0.15) is 4.72 Å². The molecule has 0 fully saturated rings. The Morgan fingerprint density at radius 3 is 2.59 bits per heavy atom. The normalized spacial score (nSPS) is 18.9. The van der Waals surface area contributed by atoms with E-state index < -0.39 is 22.0 Å². The first-order chi connectivity index (χ1) is 10.1. The number of carboxylic acid groups (broad SMARTS) is 1. The van der Waals surface area contributed by atoms with Crippen LogP contribution in [-0.2, 0) is 26.0 Å². The van der Waals surface area contributed by atoms with Crippen LogP contribution in [0.1, 0.15) is 26.3 Å². The highest BCUT2D eigenvalue weighted by Crippen LogP contribution is 2.33. The van der Waals surface area contributed by atoms with E-state index in [2.05, 4.69) is 4.72 Å². The van der Waals surface area contributed by atoms with Gasteiger partial charge in [0.1, 0.15) is 6.04 Å². The number of aliphatic carboxylic acids is 1. The minimum Gasteiger partial charge on any atom is -0.480 e. The number of carboxylic acids is 1. The van der Waals surface area contributed by atoms with Crippen molar-refractivity contribution in [2.45, 2.75) is 44.2 Å². The van der Waals surface area contributed by atoms with Crippen LogP contribution in [-0.4, -0.2) is 37.5 Å². The molecule has 22 heavy (non-hydrogen) atoms. The quantitative estimate of drug-likeness (QED) is 0.849. The molecule has 0 radical (unpaired) electrons. The Hall–Kier alpha value is -1.93. The van der Waals surface area contributed by atoms with Crippen molar-refractivity contribution in [3.8, 4) is 0 Å². The molecule has 0 bridgehead atoms. The van der Waals surface area contributed by atoms with Gasteiger partial charge in [-0.3, -0.25) is 9.59 Å². The highest BCUT2D eigenvalue weighted by Gasteiger charge is 2.30. The minimum absolute atomic E-state index is 0.00282. The molecule has 1 amide bonds. The van der Waals surface area contributed by atoms with Crippen molar-refractivity contribution < 1.29 is 23.1 Å². The van der Waals surface area contributed by atoms with Crippen LogP contribution in [0.3, 0.4) is 0 Å². The molecule has 8 heteroatoms. The van der Waals surface area contributed by atoms with Crippen LogP contribution < -0.4 is 9.62 Å². The van der Waals surface area contributed by atoms with Crippen molar-refractivity contribution in [2.75, 3.05) is 4.90 Å². The van der Waals surface area contributed by atoms with E-state index in [0.717, 1.165) is 5.56 Å². The van der Waals surface area contributed by atoms with Gasteiger partial charge in [0.25, 0.3) is 0 Å². The van der Waals surface area contributed by atoms with E-state index in [1.807, 2.05) is 6.92 Å². The molecular formula is C14H18N2O5S. The Morgan fingerprint density at radius 1 is 1.41 bits per heavy atom. The molecule has 2 atom stereocenters. The number of carbonyl (C=O) groups excluding carboxylic acids is 1. The van der Waals surface area contributed by atoms with Crippen molar-refractivity contribution in [2.24, 2.45) is 0 Å². The predicted octanol–water partition coefficient (Wildman–Crippen LogP) is 0.735. The minimum atomic E-state index is -3.92. The molecule has 1 aromatic carbocycles. The van der Waals surface area contributed by atoms with Crippen molar-refractivity contribution >= 4 is 27.6 Å². The SMILES string of the molecule is CC(=O)N1c2ccc(S(=O)(=O)N[C@@H](C)C(=O)O)cc2CC1C. The van der Waals surface area contributed by atoms with Crippen molar-refractivity contribution in [1.29, 1.82) is 0 Å². The van der Waals surface area contributed by atoms with Gasteiger partial charge in [-0.15, -0.1) is 0 Å². The van der Waals surface area contributed by atoms with Crippen LogP contribution in [0.4, 0.5) is 5.69 Å². The fraction of sp³-hybridized carbons (Fsp3) is 0.429. The Labute approximate surface area is 129 Å². The van der Waals surface area contributed by atoms with Gasteiger partial charge in [-0.25, -0.2) is 8.42 Å². The lowest BCUT2D eigenvalue weighted by Gasteiger charge is -2.20. The fourth-order valence-electron chi connectivity index (χ4n) is 2.61. The van der Waals surface area contributed by atoms with Crippen molar-refractivity contribution in [1.82, 2.24) is 4.72 Å². The topological polar surface area (TPSA) is 104 Å². The van der Waals surface area contributed by atoms with E-state index in [4.69, 9.17) is 5.11 Å². The van der Waals surface area contributed by atoms with Crippen molar-refractivity contribution in [3.63, 3.8) is 0 Å². The van der Waals surface area contributed by atoms with E-state index in [9.17, 15) is 18.0 Å². The number of nitrogens with zero attached hydrogens (tertiary/aromatic N) is 1. The Bertz CT molecular complexity index is 729. The summed E-state index contributed by atoms with van der Waals surface area (Å²) in [6.45, 7) is 4.61. The number of hydrogen-bond donors (Lipinski definition) is 2. The highest BCUT2D eigenvalue weighted by atomic mass is 32.2. The molecule has 120 valence electrons. The summed E-state index contributed by atoms with van der Waals surface area (Å²) in [5.41, 5.74) is 1.46. The van der Waals surface area contributed by atoms with Gasteiger partial charge in [-0.05, 0) is 44.0 Å². The standard InChI is InChI=1S/C14H18N2O5S/c1-8-6-11-7-12(4-5-13(11)16(8)10(3)17)22(20,21)15-9(2)14(18)19/h4-5,7-9,15H,6H2,1-3H3,(H,18,19)/t8?,9-/m0/s1. The maximum atomic E-state index is 12.2. The molecule has 2 N–H and O–H groups in total. The first-order valence-corrected chi connectivity index (χ1v) is 8.29. The fourth-order valence-corrected chi connectivity index (χ4v) is 3.85. The van der Waals surface area contributed by atoms with E-state index in [-0.39, 0.29) is 16.8 Å². The van der Waals surface area contributed by atoms with Gasteiger partial charge in [-0.1, -0.05) is 0 Å². The summed E-state index contributed by atoms with van der Waals surface area (Å²) < 4.78 is 26.5. The average Bonchev–Trinajstić information content (AvgIpc) is 2.72. The summed E-state index contributed by atoms with van der Waals surface area (Å²) in [6, 6.07) is 3.21. The summed E-state index contributed by atoms with van der Waals surface area (Å²) in [5, 5.41) is 8.81. The van der Waals surface area contributed by atoms with E-state index in [1.165, 1.54) is 26.0 Å². The number of amides is 1. The molecule has 1 aromatic rings. The molecule has 1 heterocycles. The molecule has 0 aliphatic carbocycles. The molecule has 1 aliphatic heterocycles. The maximum Gasteiger partial charge on any atom is 0.321 e. The number of hydrogen-bond acceptors (Lipinski definition) is 4. The van der Waals surface area contributed by atoms with Gasteiger partial charge in [0.05, 0.1) is 4.90 Å². The zero-order valence-electron chi connectivity index (χ0n) is 12.5. The smallest absolute Gasteiger partial charge is 0.321 e. The maximum absolute atomic E-state index is 12.2. The second-order valence-corrected chi connectivity index (χ2v) is 7.13. The Balaban J connectivity index is 2.35. The molecule has 7 nitrogen and oxygen atoms in total. The molecule has 1 unspecified atom stereocenters. The van der Waals surface area contributed by atoms with Crippen LogP contribution in [0.25, 0.3) is 0 Å². The Kier molecular flexibility index (Phi) is 4.25. The molecule has 0 saturated heterocycles. The third-order valence-electron chi connectivity index (χ3n) is 3.62. The number of rotatable bonds is 4.